The van der Waals surface area contributed by atoms with Crippen molar-refractivity contribution in [2.75, 3.05) is 13.1 Å². The molecular weight excluding hydrogens is 266 g/mol. The summed E-state index contributed by atoms with van der Waals surface area (Å²) in [6.07, 6.45) is 2.09. The lowest BCUT2D eigenvalue weighted by atomic mass is 9.94. The fourth-order valence-corrected chi connectivity index (χ4v) is 3.06. The lowest BCUT2D eigenvalue weighted by molar-refractivity contribution is 0.0704. The average molecular weight is 287 g/mol. The normalized spacial score (nSPS) is 19.0. The highest BCUT2D eigenvalue weighted by Crippen LogP contribution is 2.27. The van der Waals surface area contributed by atoms with Crippen molar-refractivity contribution < 1.29 is 9.21 Å². The standard InChI is InChI=1S/C16H21N3O2/c1-10-7-15(18-17-10)13-5-4-6-19(9-13)16(20)14-8-11(2)21-12(14)3/h7-8,13H,4-6,9H2,1-3H3,(H,17,18)/t13-/m1/s1. The molecule has 3 rings (SSSR count). The largest absolute Gasteiger partial charge is 0.466 e. The van der Waals surface area contributed by atoms with E-state index in [9.17, 15) is 4.79 Å². The van der Waals surface area contributed by atoms with Crippen molar-refractivity contribution in [3.63, 3.8) is 0 Å². The Morgan fingerprint density at radius 3 is 2.81 bits per heavy atom. The van der Waals surface area contributed by atoms with Crippen LogP contribution in [0.25, 0.3) is 0 Å². The number of carbonyl (C=O) groups is 1. The molecule has 1 N–H and O–H groups in total. The van der Waals surface area contributed by atoms with Crippen LogP contribution in [0.2, 0.25) is 0 Å². The molecule has 112 valence electrons. The minimum Gasteiger partial charge on any atom is -0.466 e. The molecule has 2 aromatic rings. The molecule has 0 radical (unpaired) electrons. The van der Waals surface area contributed by atoms with Crippen molar-refractivity contribution in [3.05, 3.63) is 40.6 Å². The van der Waals surface area contributed by atoms with Gasteiger partial charge in [0.25, 0.3) is 5.91 Å². The smallest absolute Gasteiger partial charge is 0.257 e. The van der Waals surface area contributed by atoms with Gasteiger partial charge in [0.2, 0.25) is 0 Å². The molecule has 1 saturated heterocycles. The van der Waals surface area contributed by atoms with Gasteiger partial charge >= 0.3 is 0 Å². The summed E-state index contributed by atoms with van der Waals surface area (Å²) >= 11 is 0. The Labute approximate surface area is 124 Å². The third-order valence-corrected chi connectivity index (χ3v) is 4.12. The number of aryl methyl sites for hydroxylation is 3. The molecule has 5 nitrogen and oxygen atoms in total. The molecular formula is C16H21N3O2. The lowest BCUT2D eigenvalue weighted by Gasteiger charge is -2.31. The van der Waals surface area contributed by atoms with Gasteiger partial charge in [0.1, 0.15) is 11.5 Å². The zero-order valence-electron chi connectivity index (χ0n) is 12.8. The van der Waals surface area contributed by atoms with E-state index in [0.29, 0.717) is 17.2 Å². The summed E-state index contributed by atoms with van der Waals surface area (Å²) in [5.41, 5.74) is 2.81. The molecule has 1 fully saturated rings. The Kier molecular flexibility index (Phi) is 3.57. The number of hydrogen-bond acceptors (Lipinski definition) is 3. The highest BCUT2D eigenvalue weighted by molar-refractivity contribution is 5.95. The summed E-state index contributed by atoms with van der Waals surface area (Å²) in [7, 11) is 0. The molecule has 0 bridgehead atoms. The van der Waals surface area contributed by atoms with Crippen LogP contribution in [-0.4, -0.2) is 34.1 Å². The molecule has 2 aromatic heterocycles. The van der Waals surface area contributed by atoms with Crippen LogP contribution in [0.15, 0.2) is 16.5 Å². The summed E-state index contributed by atoms with van der Waals surface area (Å²) in [4.78, 5) is 14.6. The van der Waals surface area contributed by atoms with Gasteiger partial charge < -0.3 is 9.32 Å². The zero-order chi connectivity index (χ0) is 15.0. The number of amides is 1. The number of nitrogens with zero attached hydrogens (tertiary/aromatic N) is 2. The van der Waals surface area contributed by atoms with E-state index >= 15 is 0 Å². The number of nitrogens with one attached hydrogen (secondary N) is 1. The highest BCUT2D eigenvalue weighted by Gasteiger charge is 2.28. The minimum absolute atomic E-state index is 0.0707. The first-order valence-electron chi connectivity index (χ1n) is 7.43. The van der Waals surface area contributed by atoms with E-state index in [1.807, 2.05) is 31.7 Å². The maximum absolute atomic E-state index is 12.7. The first kappa shape index (κ1) is 13.9. The number of aromatic amines is 1. The Hall–Kier alpha value is -2.04. The van der Waals surface area contributed by atoms with Crippen molar-refractivity contribution in [1.82, 2.24) is 15.1 Å². The van der Waals surface area contributed by atoms with Gasteiger partial charge in [-0.25, -0.2) is 0 Å². The molecule has 0 spiro atoms. The second-order valence-corrected chi connectivity index (χ2v) is 5.89. The van der Waals surface area contributed by atoms with Gasteiger partial charge in [0, 0.05) is 24.7 Å². The monoisotopic (exact) mass is 287 g/mol. The van der Waals surface area contributed by atoms with Gasteiger partial charge in [-0.1, -0.05) is 0 Å². The summed E-state index contributed by atoms with van der Waals surface area (Å²) in [6.45, 7) is 7.25. The third kappa shape index (κ3) is 2.73. The quantitative estimate of drug-likeness (QED) is 0.923. The maximum atomic E-state index is 12.7. The van der Waals surface area contributed by atoms with Gasteiger partial charge in [0.15, 0.2) is 0 Å². The topological polar surface area (TPSA) is 62.1 Å². The summed E-state index contributed by atoms with van der Waals surface area (Å²) in [5, 5.41) is 7.33. The molecule has 1 aliphatic heterocycles. The van der Waals surface area contributed by atoms with Crippen molar-refractivity contribution in [2.24, 2.45) is 0 Å². The number of hydrogen-bond donors (Lipinski definition) is 1. The van der Waals surface area contributed by atoms with Gasteiger partial charge in [-0.3, -0.25) is 9.89 Å². The van der Waals surface area contributed by atoms with Crippen molar-refractivity contribution >= 4 is 5.91 Å². The molecule has 0 aromatic carbocycles. The maximum Gasteiger partial charge on any atom is 0.257 e. The average Bonchev–Trinajstić information content (AvgIpc) is 3.04. The minimum atomic E-state index is 0.0707. The van der Waals surface area contributed by atoms with E-state index in [1.165, 1.54) is 0 Å². The molecule has 1 atom stereocenters. The highest BCUT2D eigenvalue weighted by atomic mass is 16.3. The number of likely N-dealkylation sites (tertiary alicyclic amines) is 1. The Morgan fingerprint density at radius 1 is 1.38 bits per heavy atom. The second kappa shape index (κ2) is 5.39. The zero-order valence-corrected chi connectivity index (χ0v) is 12.8. The number of piperidine rings is 1. The van der Waals surface area contributed by atoms with E-state index < -0.39 is 0 Å². The van der Waals surface area contributed by atoms with Crippen LogP contribution in [0.3, 0.4) is 0 Å². The Morgan fingerprint density at radius 2 is 2.19 bits per heavy atom. The third-order valence-electron chi connectivity index (χ3n) is 4.12. The van der Waals surface area contributed by atoms with Crippen molar-refractivity contribution in [2.45, 2.75) is 39.5 Å². The molecule has 1 amide bonds. The predicted molar refractivity (Wildman–Crippen MR) is 79.4 cm³/mol. The van der Waals surface area contributed by atoms with Gasteiger partial charge in [-0.2, -0.15) is 5.10 Å². The first-order valence-corrected chi connectivity index (χ1v) is 7.43. The fraction of sp³-hybridized carbons (Fsp3) is 0.500. The van der Waals surface area contributed by atoms with Gasteiger partial charge in [-0.15, -0.1) is 0 Å². The van der Waals surface area contributed by atoms with Crippen LogP contribution in [0.5, 0.6) is 0 Å². The summed E-state index contributed by atoms with van der Waals surface area (Å²) in [5.74, 6) is 1.88. The van der Waals surface area contributed by atoms with E-state index in [-0.39, 0.29) is 5.91 Å². The first-order chi connectivity index (χ1) is 10.0. The molecule has 1 aliphatic rings. The number of rotatable bonds is 2. The Balaban J connectivity index is 1.77. The molecule has 0 unspecified atom stereocenters. The number of H-pyrrole nitrogens is 1. The predicted octanol–water partition coefficient (Wildman–Crippen LogP) is 2.95. The van der Waals surface area contributed by atoms with Crippen LogP contribution in [0.1, 0.15) is 52.0 Å². The van der Waals surface area contributed by atoms with E-state index in [4.69, 9.17) is 4.42 Å². The summed E-state index contributed by atoms with van der Waals surface area (Å²) < 4.78 is 5.48. The van der Waals surface area contributed by atoms with Crippen LogP contribution in [-0.2, 0) is 0 Å². The van der Waals surface area contributed by atoms with Gasteiger partial charge in [0.05, 0.1) is 11.3 Å². The van der Waals surface area contributed by atoms with Crippen LogP contribution < -0.4 is 0 Å². The van der Waals surface area contributed by atoms with Crippen LogP contribution in [0.4, 0.5) is 0 Å². The number of carbonyl (C=O) groups excluding carboxylic acids is 1. The fourth-order valence-electron chi connectivity index (χ4n) is 3.06. The molecule has 0 saturated carbocycles. The SMILES string of the molecule is Cc1cc([C@@H]2CCCN(C(=O)c3cc(C)oc3C)C2)n[nH]1. The van der Waals surface area contributed by atoms with E-state index in [0.717, 1.165) is 43.1 Å². The van der Waals surface area contributed by atoms with Crippen LogP contribution in [0, 0.1) is 20.8 Å². The molecule has 0 aliphatic carbocycles. The number of aromatic nitrogens is 2. The van der Waals surface area contributed by atoms with Crippen molar-refractivity contribution in [1.29, 1.82) is 0 Å². The van der Waals surface area contributed by atoms with Gasteiger partial charge in [-0.05, 0) is 45.7 Å². The Bertz CT molecular complexity index is 656. The van der Waals surface area contributed by atoms with Crippen LogP contribution >= 0.6 is 0 Å². The molecule has 3 heterocycles. The molecule has 5 heteroatoms. The number of furan rings is 1. The molecule has 21 heavy (non-hydrogen) atoms. The second-order valence-electron chi connectivity index (χ2n) is 5.89. The van der Waals surface area contributed by atoms with Crippen molar-refractivity contribution in [3.8, 4) is 0 Å². The summed E-state index contributed by atoms with van der Waals surface area (Å²) in [6, 6.07) is 3.91. The van der Waals surface area contributed by atoms with E-state index in [1.54, 1.807) is 0 Å². The lowest BCUT2D eigenvalue weighted by Crippen LogP contribution is -2.39. The van der Waals surface area contributed by atoms with E-state index in [2.05, 4.69) is 16.3 Å².